The number of rotatable bonds is 8. The highest BCUT2D eigenvalue weighted by atomic mass is 16.2. The molecule has 0 aliphatic heterocycles. The van der Waals surface area contributed by atoms with Crippen LogP contribution in [0.1, 0.15) is 46.0 Å². The molecule has 0 aromatic heterocycles. The van der Waals surface area contributed by atoms with Crippen LogP contribution in [0.2, 0.25) is 0 Å². The van der Waals surface area contributed by atoms with Crippen LogP contribution in [0.5, 0.6) is 0 Å². The van der Waals surface area contributed by atoms with Gasteiger partial charge in [0.1, 0.15) is 5.78 Å². The summed E-state index contributed by atoms with van der Waals surface area (Å²) in [4.78, 5) is 22.4. The third-order valence-corrected chi connectivity index (χ3v) is 2.93. The second-order valence-corrected chi connectivity index (χ2v) is 4.29. The van der Waals surface area contributed by atoms with Gasteiger partial charge in [-0.3, -0.25) is 14.6 Å². The molecule has 4 heteroatoms. The van der Waals surface area contributed by atoms with Crippen molar-refractivity contribution in [3.8, 4) is 0 Å². The number of hydrogen-bond acceptors (Lipinski definition) is 3. The van der Waals surface area contributed by atoms with Gasteiger partial charge in [0, 0.05) is 26.4 Å². The van der Waals surface area contributed by atoms with E-state index in [4.69, 9.17) is 0 Å². The topological polar surface area (TPSA) is 49.4 Å². The molecule has 1 amide bonds. The highest BCUT2D eigenvalue weighted by Gasteiger charge is 2.08. The van der Waals surface area contributed by atoms with Crippen molar-refractivity contribution < 1.29 is 9.59 Å². The van der Waals surface area contributed by atoms with Crippen LogP contribution in [-0.2, 0) is 9.59 Å². The van der Waals surface area contributed by atoms with Crippen molar-refractivity contribution in [3.05, 3.63) is 0 Å². The monoisotopic (exact) mass is 228 g/mol. The van der Waals surface area contributed by atoms with Crippen LogP contribution >= 0.6 is 0 Å². The molecule has 0 saturated heterocycles. The molecular formula is C12H24N2O2. The van der Waals surface area contributed by atoms with E-state index < -0.39 is 0 Å². The summed E-state index contributed by atoms with van der Waals surface area (Å²) >= 11 is 0. The molecule has 4 nitrogen and oxygen atoms in total. The number of Topliss-reactive ketones (excluding diaryl/α,β-unsaturated/α-hetero) is 1. The predicted octanol–water partition coefficient (Wildman–Crippen LogP) is 1.75. The van der Waals surface area contributed by atoms with Gasteiger partial charge in [-0.25, -0.2) is 5.43 Å². The van der Waals surface area contributed by atoms with E-state index in [1.165, 1.54) is 5.01 Å². The molecule has 0 fully saturated rings. The summed E-state index contributed by atoms with van der Waals surface area (Å²) in [6, 6.07) is 0. The fourth-order valence-corrected chi connectivity index (χ4v) is 1.40. The molecule has 0 saturated carbocycles. The molecule has 1 atom stereocenters. The van der Waals surface area contributed by atoms with Crippen molar-refractivity contribution in [2.24, 2.45) is 5.92 Å². The van der Waals surface area contributed by atoms with E-state index >= 15 is 0 Å². The van der Waals surface area contributed by atoms with Crippen LogP contribution < -0.4 is 5.43 Å². The second kappa shape index (κ2) is 8.28. The number of ketones is 1. The number of carbonyl (C=O) groups is 2. The minimum absolute atomic E-state index is 0.113. The maximum Gasteiger partial charge on any atom is 0.236 e. The van der Waals surface area contributed by atoms with Gasteiger partial charge < -0.3 is 0 Å². The minimum atomic E-state index is 0.113. The Kier molecular flexibility index (Phi) is 7.81. The molecule has 0 aliphatic carbocycles. The first kappa shape index (κ1) is 15.1. The lowest BCUT2D eigenvalue weighted by atomic mass is 9.99. The highest BCUT2D eigenvalue weighted by molar-refractivity contribution is 5.77. The highest BCUT2D eigenvalue weighted by Crippen LogP contribution is 2.11. The molecule has 0 aromatic carbocycles. The van der Waals surface area contributed by atoms with Crippen molar-refractivity contribution in [1.29, 1.82) is 0 Å². The van der Waals surface area contributed by atoms with E-state index in [1.54, 1.807) is 21.0 Å². The van der Waals surface area contributed by atoms with E-state index in [0.29, 0.717) is 6.42 Å². The van der Waals surface area contributed by atoms with Gasteiger partial charge in [-0.1, -0.05) is 19.8 Å². The maximum absolute atomic E-state index is 11.4. The zero-order valence-electron chi connectivity index (χ0n) is 10.9. The van der Waals surface area contributed by atoms with Gasteiger partial charge in [0.05, 0.1) is 0 Å². The predicted molar refractivity (Wildman–Crippen MR) is 64.8 cm³/mol. The van der Waals surface area contributed by atoms with Gasteiger partial charge >= 0.3 is 0 Å². The molecule has 0 spiro atoms. The number of unbranched alkanes of at least 4 members (excludes halogenated alkanes) is 2. The Hall–Kier alpha value is -0.900. The third-order valence-electron chi connectivity index (χ3n) is 2.93. The molecule has 94 valence electrons. The van der Waals surface area contributed by atoms with Crippen LogP contribution in [0.3, 0.4) is 0 Å². The zero-order chi connectivity index (χ0) is 12.6. The van der Waals surface area contributed by atoms with Gasteiger partial charge in [-0.05, 0) is 19.8 Å². The Morgan fingerprint density at radius 2 is 1.88 bits per heavy atom. The molecule has 0 rings (SSSR count). The molecule has 1 unspecified atom stereocenters. The molecular weight excluding hydrogens is 204 g/mol. The molecule has 0 bridgehead atoms. The van der Waals surface area contributed by atoms with E-state index in [-0.39, 0.29) is 17.6 Å². The van der Waals surface area contributed by atoms with Crippen LogP contribution in [0.4, 0.5) is 0 Å². The molecule has 0 aliphatic rings. The van der Waals surface area contributed by atoms with E-state index in [2.05, 4.69) is 5.43 Å². The van der Waals surface area contributed by atoms with Crippen molar-refractivity contribution in [2.75, 3.05) is 14.1 Å². The van der Waals surface area contributed by atoms with Crippen LogP contribution in [0.25, 0.3) is 0 Å². The van der Waals surface area contributed by atoms with Crippen molar-refractivity contribution in [1.82, 2.24) is 10.4 Å². The van der Waals surface area contributed by atoms with E-state index in [0.717, 1.165) is 25.7 Å². The van der Waals surface area contributed by atoms with Gasteiger partial charge in [-0.15, -0.1) is 0 Å². The third kappa shape index (κ3) is 6.56. The molecule has 1 N–H and O–H groups in total. The standard InChI is InChI=1S/C12H24N2O2/c1-10(11(2)15)8-6-5-7-9-12(16)14(4)13-3/h10,13H,5-9H2,1-4H3. The molecule has 0 aromatic rings. The molecule has 16 heavy (non-hydrogen) atoms. The Balaban J connectivity index is 3.47. The Bertz CT molecular complexity index is 229. The maximum atomic E-state index is 11.4. The fraction of sp³-hybridized carbons (Fsp3) is 0.833. The van der Waals surface area contributed by atoms with Crippen LogP contribution in [-0.4, -0.2) is 30.8 Å². The lowest BCUT2D eigenvalue weighted by molar-refractivity contribution is -0.132. The minimum Gasteiger partial charge on any atom is -0.300 e. The van der Waals surface area contributed by atoms with Gasteiger partial charge in [0.2, 0.25) is 5.91 Å². The average Bonchev–Trinajstić information content (AvgIpc) is 2.26. The summed E-state index contributed by atoms with van der Waals surface area (Å²) in [5, 5.41) is 1.50. The number of hydrogen-bond donors (Lipinski definition) is 1. The normalized spacial score (nSPS) is 12.2. The number of nitrogens with one attached hydrogen (secondary N) is 1. The van der Waals surface area contributed by atoms with Gasteiger partial charge in [0.25, 0.3) is 0 Å². The van der Waals surface area contributed by atoms with Crippen molar-refractivity contribution in [3.63, 3.8) is 0 Å². The first-order valence-electron chi connectivity index (χ1n) is 5.93. The molecule has 0 radical (unpaired) electrons. The first-order valence-corrected chi connectivity index (χ1v) is 5.93. The Labute approximate surface area is 98.4 Å². The summed E-state index contributed by atoms with van der Waals surface area (Å²) in [5.74, 6) is 0.531. The zero-order valence-corrected chi connectivity index (χ0v) is 10.9. The SMILES string of the molecule is CNN(C)C(=O)CCCCCC(C)C(C)=O. The van der Waals surface area contributed by atoms with E-state index in [9.17, 15) is 9.59 Å². The summed E-state index contributed by atoms with van der Waals surface area (Å²) < 4.78 is 0. The van der Waals surface area contributed by atoms with Crippen molar-refractivity contribution >= 4 is 11.7 Å². The lowest BCUT2D eigenvalue weighted by Gasteiger charge is -2.14. The summed E-state index contributed by atoms with van der Waals surface area (Å²) in [6.07, 6.45) is 4.45. The van der Waals surface area contributed by atoms with Crippen molar-refractivity contribution in [2.45, 2.75) is 46.0 Å². The molecule has 0 heterocycles. The number of nitrogens with zero attached hydrogens (tertiary/aromatic N) is 1. The number of carbonyl (C=O) groups excluding carboxylic acids is 2. The number of hydrazine groups is 1. The lowest BCUT2D eigenvalue weighted by Crippen LogP contribution is -2.36. The summed E-state index contributed by atoms with van der Waals surface area (Å²) in [7, 11) is 3.45. The van der Waals surface area contributed by atoms with Gasteiger partial charge in [-0.2, -0.15) is 0 Å². The second-order valence-electron chi connectivity index (χ2n) is 4.29. The summed E-state index contributed by atoms with van der Waals surface area (Å²) in [5.41, 5.74) is 2.78. The fourth-order valence-electron chi connectivity index (χ4n) is 1.40. The summed E-state index contributed by atoms with van der Waals surface area (Å²) in [6.45, 7) is 3.60. The first-order chi connectivity index (χ1) is 7.49. The number of amides is 1. The Morgan fingerprint density at radius 1 is 1.25 bits per heavy atom. The van der Waals surface area contributed by atoms with Gasteiger partial charge in [0.15, 0.2) is 0 Å². The quantitative estimate of drug-likeness (QED) is 0.508. The van der Waals surface area contributed by atoms with Crippen LogP contribution in [0.15, 0.2) is 0 Å². The van der Waals surface area contributed by atoms with E-state index in [1.807, 2.05) is 6.92 Å². The van der Waals surface area contributed by atoms with Crippen LogP contribution in [0, 0.1) is 5.92 Å². The largest absolute Gasteiger partial charge is 0.300 e. The Morgan fingerprint density at radius 3 is 2.38 bits per heavy atom. The smallest absolute Gasteiger partial charge is 0.236 e. The average molecular weight is 228 g/mol.